The predicted octanol–water partition coefficient (Wildman–Crippen LogP) is 0.525. The summed E-state index contributed by atoms with van der Waals surface area (Å²) in [5.74, 6) is 3.07. The van der Waals surface area contributed by atoms with E-state index in [0.717, 1.165) is 10.2 Å². The first-order valence-electron chi connectivity index (χ1n) is 2.70. The molecule has 0 atom stereocenters. The van der Waals surface area contributed by atoms with Gasteiger partial charge in [-0.05, 0) is 13.8 Å². The second-order valence-electron chi connectivity index (χ2n) is 2.30. The number of hydrogen-bond donors (Lipinski definition) is 0. The number of rotatable bonds is 1. The summed E-state index contributed by atoms with van der Waals surface area (Å²) in [5.41, 5.74) is 3.01. The Morgan fingerprint density at radius 3 is 2.25 bits per heavy atom. The van der Waals surface area contributed by atoms with Crippen molar-refractivity contribution >= 4 is 10.2 Å². The molecule has 1 heteroatoms. The molecule has 0 unspecified atom stereocenters. The van der Waals surface area contributed by atoms with Crippen molar-refractivity contribution in [1.29, 1.82) is 0 Å². The zero-order valence-corrected chi connectivity index (χ0v) is 7.78. The Balaban J connectivity index is 4.05. The van der Waals surface area contributed by atoms with Gasteiger partial charge in [-0.3, -0.25) is 0 Å². The van der Waals surface area contributed by atoms with E-state index in [-0.39, 0.29) is 5.41 Å². The lowest BCUT2D eigenvalue weighted by molar-refractivity contribution is 0.658. The van der Waals surface area contributed by atoms with Gasteiger partial charge in [0.05, 0.1) is 10.2 Å². The molecule has 0 bridgehead atoms. The number of allylic oxidation sites excluding steroid dienone is 1. The van der Waals surface area contributed by atoms with Crippen LogP contribution in [0.3, 0.4) is 0 Å². The minimum Gasteiger partial charge on any atom is -0.143 e. The molecule has 0 heterocycles. The summed E-state index contributed by atoms with van der Waals surface area (Å²) < 4.78 is 0. The van der Waals surface area contributed by atoms with Gasteiger partial charge >= 0.3 is 0 Å². The summed E-state index contributed by atoms with van der Waals surface area (Å²) in [6.45, 7) is 7.78. The Hall–Kier alpha value is -0.483. The van der Waals surface area contributed by atoms with Crippen LogP contribution in [0.4, 0.5) is 0 Å². The van der Waals surface area contributed by atoms with Gasteiger partial charge < -0.3 is 0 Å². The smallest absolute Gasteiger partial charge is 0.0906 e. The molecule has 0 aliphatic heterocycles. The van der Waals surface area contributed by atoms with Gasteiger partial charge in [-0.2, -0.15) is 0 Å². The molecule has 0 aromatic heterocycles. The van der Waals surface area contributed by atoms with Crippen molar-refractivity contribution in [3.63, 3.8) is 0 Å². The molecule has 0 saturated carbocycles. The lowest BCUT2D eigenvalue weighted by Gasteiger charge is -2.08. The molecule has 0 spiro atoms. The Morgan fingerprint density at radius 2 is 2.12 bits per heavy atom. The molecule has 0 fully saturated rings. The van der Waals surface area contributed by atoms with Crippen molar-refractivity contribution in [2.24, 2.45) is 5.41 Å². The molecule has 0 amide bonds. The van der Waals surface area contributed by atoms with E-state index in [9.17, 15) is 0 Å². The fourth-order valence-corrected chi connectivity index (χ4v) is 1.02. The molecule has 8 heavy (non-hydrogen) atoms. The third-order valence-corrected chi connectivity index (χ3v) is 1.21. The summed E-state index contributed by atoms with van der Waals surface area (Å²) in [7, 11) is 0.966. The largest absolute Gasteiger partial charge is 0.143 e. The standard InChI is InChI=1S/C7H12Si/c1-4-7(2,3)5-6-8/h4H,1H2,2-3,8H3. The summed E-state index contributed by atoms with van der Waals surface area (Å²) in [4.78, 5) is 0. The first-order chi connectivity index (χ1) is 3.62. The van der Waals surface area contributed by atoms with Crippen molar-refractivity contribution in [3.8, 4) is 11.5 Å². The number of hydrogen-bond acceptors (Lipinski definition) is 0. The quantitative estimate of drug-likeness (QED) is 0.272. The summed E-state index contributed by atoms with van der Waals surface area (Å²) in [6, 6.07) is 0. The van der Waals surface area contributed by atoms with Crippen LogP contribution in [-0.2, 0) is 0 Å². The molecule has 0 N–H and O–H groups in total. The van der Waals surface area contributed by atoms with Crippen molar-refractivity contribution < 1.29 is 0 Å². The second-order valence-corrected chi connectivity index (χ2v) is 2.80. The van der Waals surface area contributed by atoms with Crippen molar-refractivity contribution in [2.45, 2.75) is 13.8 Å². The fourth-order valence-electron chi connectivity index (χ4n) is 0.373. The van der Waals surface area contributed by atoms with Crippen LogP contribution < -0.4 is 0 Å². The molecule has 0 aromatic carbocycles. The van der Waals surface area contributed by atoms with Gasteiger partial charge in [0.25, 0.3) is 0 Å². The van der Waals surface area contributed by atoms with Crippen LogP contribution in [0.1, 0.15) is 13.8 Å². The normalized spacial score (nSPS) is 9.75. The van der Waals surface area contributed by atoms with E-state index in [2.05, 4.69) is 31.9 Å². The molecule has 0 radical (unpaired) electrons. The molecule has 0 aliphatic rings. The van der Waals surface area contributed by atoms with E-state index < -0.39 is 0 Å². The molecule has 0 rings (SSSR count). The van der Waals surface area contributed by atoms with Crippen LogP contribution in [0.25, 0.3) is 0 Å². The van der Waals surface area contributed by atoms with Gasteiger partial charge in [0.1, 0.15) is 0 Å². The third kappa shape index (κ3) is 2.65. The Bertz CT molecular complexity index is 134. The molecule has 0 aliphatic carbocycles. The maximum absolute atomic E-state index is 3.66. The Labute approximate surface area is 54.4 Å². The van der Waals surface area contributed by atoms with Crippen LogP contribution >= 0.6 is 0 Å². The highest BCUT2D eigenvalue weighted by Gasteiger charge is 2.05. The SMILES string of the molecule is C=CC(C)(C)C#C[SiH3]. The summed E-state index contributed by atoms with van der Waals surface area (Å²) in [5, 5.41) is 0. The molecule has 0 saturated heterocycles. The van der Waals surface area contributed by atoms with E-state index in [4.69, 9.17) is 0 Å². The summed E-state index contributed by atoms with van der Waals surface area (Å²) >= 11 is 0. The topological polar surface area (TPSA) is 0 Å². The maximum Gasteiger partial charge on any atom is 0.0906 e. The van der Waals surface area contributed by atoms with E-state index >= 15 is 0 Å². The minimum absolute atomic E-state index is 0.0295. The monoisotopic (exact) mass is 124 g/mol. The van der Waals surface area contributed by atoms with E-state index in [1.807, 2.05) is 6.08 Å². The van der Waals surface area contributed by atoms with Gasteiger partial charge in [-0.25, -0.2) is 0 Å². The Kier molecular flexibility index (Phi) is 2.57. The lowest BCUT2D eigenvalue weighted by atomic mass is 9.96. The molecule has 0 aromatic rings. The van der Waals surface area contributed by atoms with Gasteiger partial charge in [0, 0.05) is 5.41 Å². The average Bonchev–Trinajstić information content (AvgIpc) is 1.67. The van der Waals surface area contributed by atoms with Gasteiger partial charge in [-0.1, -0.05) is 6.08 Å². The third-order valence-electron chi connectivity index (χ3n) is 0.957. The van der Waals surface area contributed by atoms with E-state index in [1.54, 1.807) is 0 Å². The highest BCUT2D eigenvalue weighted by molar-refractivity contribution is 6.22. The van der Waals surface area contributed by atoms with E-state index in [1.165, 1.54) is 0 Å². The van der Waals surface area contributed by atoms with Gasteiger partial charge in [0.2, 0.25) is 0 Å². The Morgan fingerprint density at radius 1 is 1.62 bits per heavy atom. The zero-order valence-electron chi connectivity index (χ0n) is 5.78. The highest BCUT2D eigenvalue weighted by Crippen LogP contribution is 2.12. The predicted molar refractivity (Wildman–Crippen MR) is 41.7 cm³/mol. The van der Waals surface area contributed by atoms with Crippen LogP contribution in [0, 0.1) is 16.9 Å². The molecule has 0 nitrogen and oxygen atoms in total. The van der Waals surface area contributed by atoms with E-state index in [0.29, 0.717) is 0 Å². The van der Waals surface area contributed by atoms with Crippen LogP contribution in [-0.4, -0.2) is 10.2 Å². The van der Waals surface area contributed by atoms with Crippen LogP contribution in [0.2, 0.25) is 0 Å². The lowest BCUT2D eigenvalue weighted by Crippen LogP contribution is -2.01. The zero-order chi connectivity index (χ0) is 6.62. The van der Waals surface area contributed by atoms with Crippen LogP contribution in [0.15, 0.2) is 12.7 Å². The highest BCUT2D eigenvalue weighted by atomic mass is 28.1. The average molecular weight is 124 g/mol. The fraction of sp³-hybridized carbons (Fsp3) is 0.429. The molecular weight excluding hydrogens is 112 g/mol. The second kappa shape index (κ2) is 2.73. The van der Waals surface area contributed by atoms with Gasteiger partial charge in [0.15, 0.2) is 0 Å². The maximum atomic E-state index is 3.66. The van der Waals surface area contributed by atoms with Crippen molar-refractivity contribution in [1.82, 2.24) is 0 Å². The minimum atomic E-state index is 0.0295. The first kappa shape index (κ1) is 7.52. The first-order valence-corrected chi connectivity index (χ1v) is 3.70. The van der Waals surface area contributed by atoms with Gasteiger partial charge in [-0.15, -0.1) is 18.0 Å². The van der Waals surface area contributed by atoms with Crippen molar-refractivity contribution in [2.75, 3.05) is 0 Å². The van der Waals surface area contributed by atoms with Crippen LogP contribution in [0.5, 0.6) is 0 Å². The summed E-state index contributed by atoms with van der Waals surface area (Å²) in [6.07, 6.45) is 1.87. The molecule has 44 valence electrons. The van der Waals surface area contributed by atoms with Crippen molar-refractivity contribution in [3.05, 3.63) is 12.7 Å². The molecular formula is C7H12Si.